The molecule has 0 spiro atoms. The second kappa shape index (κ2) is 5.63. The summed E-state index contributed by atoms with van der Waals surface area (Å²) in [6.45, 7) is 1.92. The zero-order valence-corrected chi connectivity index (χ0v) is 12.6. The van der Waals surface area contributed by atoms with Crippen LogP contribution < -0.4 is 20.9 Å². The first kappa shape index (κ1) is 15.1. The van der Waals surface area contributed by atoms with Gasteiger partial charge in [0.1, 0.15) is 10.6 Å². The molecule has 0 saturated carbocycles. The van der Waals surface area contributed by atoms with Crippen LogP contribution in [-0.2, 0) is 10.0 Å². The van der Waals surface area contributed by atoms with Crippen LogP contribution in [0.4, 0.5) is 17.1 Å². The molecule has 0 heterocycles. The van der Waals surface area contributed by atoms with Gasteiger partial charge in [0.2, 0.25) is 10.0 Å². The van der Waals surface area contributed by atoms with E-state index < -0.39 is 10.0 Å². The standard InChI is InChI=1S/C14H17N3O3S/c1-9-3-6-13(20-2)12(7-9)17-11-5-4-10(15)8-14(11)21(16,18)19/h3-8,17H,15H2,1-2H3,(H2,16,18,19). The van der Waals surface area contributed by atoms with Gasteiger partial charge in [-0.3, -0.25) is 0 Å². The topological polar surface area (TPSA) is 107 Å². The number of benzene rings is 2. The van der Waals surface area contributed by atoms with E-state index in [1.54, 1.807) is 25.3 Å². The van der Waals surface area contributed by atoms with Crippen LogP contribution in [0.1, 0.15) is 5.56 Å². The molecule has 0 atom stereocenters. The Morgan fingerprint density at radius 2 is 1.81 bits per heavy atom. The third-order valence-corrected chi connectivity index (χ3v) is 3.89. The predicted octanol–water partition coefficient (Wildman–Crippen LogP) is 1.98. The normalized spacial score (nSPS) is 11.2. The Bertz CT molecular complexity index is 773. The summed E-state index contributed by atoms with van der Waals surface area (Å²) in [6.07, 6.45) is 0. The van der Waals surface area contributed by atoms with Crippen LogP contribution in [0, 0.1) is 6.92 Å². The molecule has 7 heteroatoms. The van der Waals surface area contributed by atoms with Crippen LogP contribution in [0.2, 0.25) is 0 Å². The number of sulfonamides is 1. The number of aryl methyl sites for hydroxylation is 1. The summed E-state index contributed by atoms with van der Waals surface area (Å²) < 4.78 is 28.6. The summed E-state index contributed by atoms with van der Waals surface area (Å²) in [7, 11) is -2.35. The molecule has 0 aliphatic rings. The lowest BCUT2D eigenvalue weighted by Crippen LogP contribution is -2.14. The van der Waals surface area contributed by atoms with E-state index >= 15 is 0 Å². The van der Waals surface area contributed by atoms with Gasteiger partial charge in [-0.2, -0.15) is 0 Å². The van der Waals surface area contributed by atoms with E-state index in [2.05, 4.69) is 5.32 Å². The molecule has 2 aromatic rings. The maximum absolute atomic E-state index is 11.7. The fourth-order valence-corrected chi connectivity index (χ4v) is 2.67. The molecular weight excluding hydrogens is 290 g/mol. The largest absolute Gasteiger partial charge is 0.495 e. The second-order valence-corrected chi connectivity index (χ2v) is 6.16. The number of hydrogen-bond acceptors (Lipinski definition) is 5. The Kier molecular flexibility index (Phi) is 4.06. The predicted molar refractivity (Wildman–Crippen MR) is 83.2 cm³/mol. The zero-order chi connectivity index (χ0) is 15.6. The number of nitrogens with one attached hydrogen (secondary N) is 1. The molecule has 21 heavy (non-hydrogen) atoms. The van der Waals surface area contributed by atoms with Crippen LogP contribution in [0.25, 0.3) is 0 Å². The van der Waals surface area contributed by atoms with E-state index in [9.17, 15) is 8.42 Å². The van der Waals surface area contributed by atoms with E-state index in [4.69, 9.17) is 15.6 Å². The Labute approximate surface area is 123 Å². The average Bonchev–Trinajstić information content (AvgIpc) is 2.40. The van der Waals surface area contributed by atoms with Crippen molar-refractivity contribution < 1.29 is 13.2 Å². The lowest BCUT2D eigenvalue weighted by Gasteiger charge is -2.14. The summed E-state index contributed by atoms with van der Waals surface area (Å²) in [5.41, 5.74) is 7.94. The smallest absolute Gasteiger partial charge is 0.240 e. The van der Waals surface area contributed by atoms with Crippen molar-refractivity contribution in [2.75, 3.05) is 18.2 Å². The molecule has 0 amide bonds. The highest BCUT2D eigenvalue weighted by atomic mass is 32.2. The van der Waals surface area contributed by atoms with Gasteiger partial charge >= 0.3 is 0 Å². The van der Waals surface area contributed by atoms with Gasteiger partial charge in [-0.1, -0.05) is 6.07 Å². The van der Waals surface area contributed by atoms with Crippen molar-refractivity contribution in [3.8, 4) is 5.75 Å². The number of methoxy groups -OCH3 is 1. The molecule has 5 N–H and O–H groups in total. The van der Waals surface area contributed by atoms with Crippen LogP contribution in [0.3, 0.4) is 0 Å². The van der Waals surface area contributed by atoms with Crippen molar-refractivity contribution in [1.82, 2.24) is 0 Å². The molecule has 2 aromatic carbocycles. The first-order valence-electron chi connectivity index (χ1n) is 6.15. The quantitative estimate of drug-likeness (QED) is 0.749. The fraction of sp³-hybridized carbons (Fsp3) is 0.143. The highest BCUT2D eigenvalue weighted by Gasteiger charge is 2.15. The number of nitrogens with two attached hydrogens (primary N) is 2. The Morgan fingerprint density at radius 3 is 2.43 bits per heavy atom. The molecule has 0 aromatic heterocycles. The van der Waals surface area contributed by atoms with E-state index in [1.807, 2.05) is 19.1 Å². The zero-order valence-electron chi connectivity index (χ0n) is 11.8. The number of ether oxygens (including phenoxy) is 1. The number of rotatable bonds is 4. The van der Waals surface area contributed by atoms with Crippen molar-refractivity contribution in [1.29, 1.82) is 0 Å². The third-order valence-electron chi connectivity index (χ3n) is 2.94. The average molecular weight is 307 g/mol. The number of hydrogen-bond donors (Lipinski definition) is 3. The lowest BCUT2D eigenvalue weighted by molar-refractivity contribution is 0.416. The molecule has 112 valence electrons. The van der Waals surface area contributed by atoms with Gasteiger partial charge in [0.05, 0.1) is 18.5 Å². The Balaban J connectivity index is 2.52. The van der Waals surface area contributed by atoms with E-state index in [0.717, 1.165) is 5.56 Å². The van der Waals surface area contributed by atoms with Gasteiger partial charge in [-0.15, -0.1) is 0 Å². The Morgan fingerprint density at radius 1 is 1.10 bits per heavy atom. The van der Waals surface area contributed by atoms with Crippen LogP contribution in [0.5, 0.6) is 5.75 Å². The maximum atomic E-state index is 11.7. The lowest BCUT2D eigenvalue weighted by atomic mass is 10.2. The van der Waals surface area contributed by atoms with Gasteiger partial charge in [0, 0.05) is 5.69 Å². The number of primary sulfonamides is 1. The molecule has 0 unspecified atom stereocenters. The molecular formula is C14H17N3O3S. The summed E-state index contributed by atoms with van der Waals surface area (Å²) >= 11 is 0. The minimum Gasteiger partial charge on any atom is -0.495 e. The molecule has 6 nitrogen and oxygen atoms in total. The SMILES string of the molecule is COc1ccc(C)cc1Nc1ccc(N)cc1S(N)(=O)=O. The summed E-state index contributed by atoms with van der Waals surface area (Å²) in [5, 5.41) is 8.25. The van der Waals surface area contributed by atoms with Crippen LogP contribution >= 0.6 is 0 Å². The molecule has 0 aliphatic carbocycles. The number of nitrogen functional groups attached to an aromatic ring is 1. The highest BCUT2D eigenvalue weighted by Crippen LogP contribution is 2.32. The monoisotopic (exact) mass is 307 g/mol. The van der Waals surface area contributed by atoms with Crippen LogP contribution in [-0.4, -0.2) is 15.5 Å². The molecule has 2 rings (SSSR count). The molecule has 0 fully saturated rings. The summed E-state index contributed by atoms with van der Waals surface area (Å²) in [6, 6.07) is 10.0. The molecule has 0 bridgehead atoms. The third kappa shape index (κ3) is 3.45. The Hall–Kier alpha value is -2.25. The first-order chi connectivity index (χ1) is 9.81. The first-order valence-corrected chi connectivity index (χ1v) is 7.70. The minimum atomic E-state index is -3.89. The minimum absolute atomic E-state index is 0.0638. The van der Waals surface area contributed by atoms with Gasteiger partial charge in [0.15, 0.2) is 0 Å². The van der Waals surface area contributed by atoms with E-state index in [-0.39, 0.29) is 4.90 Å². The van der Waals surface area contributed by atoms with Crippen molar-refractivity contribution in [3.63, 3.8) is 0 Å². The fourth-order valence-electron chi connectivity index (χ4n) is 1.94. The summed E-state index contributed by atoms with van der Waals surface area (Å²) in [5.74, 6) is 0.595. The second-order valence-electron chi connectivity index (χ2n) is 4.63. The van der Waals surface area contributed by atoms with E-state index in [1.165, 1.54) is 6.07 Å². The highest BCUT2D eigenvalue weighted by molar-refractivity contribution is 7.89. The van der Waals surface area contributed by atoms with Crippen molar-refractivity contribution in [2.45, 2.75) is 11.8 Å². The van der Waals surface area contributed by atoms with Crippen molar-refractivity contribution in [3.05, 3.63) is 42.0 Å². The number of anilines is 3. The molecule has 0 aliphatic heterocycles. The molecule has 0 saturated heterocycles. The summed E-state index contributed by atoms with van der Waals surface area (Å²) in [4.78, 5) is -0.0638. The van der Waals surface area contributed by atoms with Gasteiger partial charge in [-0.25, -0.2) is 13.6 Å². The van der Waals surface area contributed by atoms with Gasteiger partial charge in [-0.05, 0) is 42.8 Å². The van der Waals surface area contributed by atoms with Gasteiger partial charge < -0.3 is 15.8 Å². The van der Waals surface area contributed by atoms with Crippen molar-refractivity contribution >= 4 is 27.1 Å². The maximum Gasteiger partial charge on any atom is 0.240 e. The van der Waals surface area contributed by atoms with E-state index in [0.29, 0.717) is 22.8 Å². The van der Waals surface area contributed by atoms with Crippen molar-refractivity contribution in [2.24, 2.45) is 5.14 Å². The van der Waals surface area contributed by atoms with Gasteiger partial charge in [0.25, 0.3) is 0 Å². The van der Waals surface area contributed by atoms with Crippen LogP contribution in [0.15, 0.2) is 41.3 Å². The molecule has 0 radical (unpaired) electrons.